The molecule has 0 saturated carbocycles. The molecule has 0 heterocycles. The fourth-order valence-corrected chi connectivity index (χ4v) is 7.84. The van der Waals surface area contributed by atoms with Crippen molar-refractivity contribution < 1.29 is 19.8 Å². The van der Waals surface area contributed by atoms with Gasteiger partial charge in [-0.25, -0.2) is 0 Å². The predicted molar refractivity (Wildman–Crippen MR) is 67.0 cm³/mol. The Labute approximate surface area is 111 Å². The molecule has 2 N–H and O–H groups in total. The van der Waals surface area contributed by atoms with Crippen LogP contribution in [0.15, 0.2) is 0 Å². The number of hydrogen-bond donors (Lipinski definition) is 2. The van der Waals surface area contributed by atoms with Crippen molar-refractivity contribution in [1.29, 1.82) is 0 Å². The molecule has 2 atom stereocenters. The number of hydrogen-bond acceptors (Lipinski definition) is 2. The molecule has 0 fully saturated rings. The molecule has 6 heteroatoms. The van der Waals surface area contributed by atoms with Gasteiger partial charge < -0.3 is 0 Å². The molecular formula is C10H20O4Sb2. The van der Waals surface area contributed by atoms with Crippen molar-refractivity contribution in [3.05, 3.63) is 0 Å². The third kappa shape index (κ3) is 5.77. The molecule has 4 nitrogen and oxygen atoms in total. The van der Waals surface area contributed by atoms with E-state index in [4.69, 9.17) is 10.2 Å². The Balaban J connectivity index is 4.38. The van der Waals surface area contributed by atoms with Crippen molar-refractivity contribution in [2.75, 3.05) is 0 Å². The third-order valence-electron chi connectivity index (χ3n) is 2.53. The molecule has 0 amide bonds. The van der Waals surface area contributed by atoms with Gasteiger partial charge in [0.15, 0.2) is 0 Å². The first-order chi connectivity index (χ1) is 7.27. The monoisotopic (exact) mass is 446 g/mol. The van der Waals surface area contributed by atoms with Gasteiger partial charge in [0.25, 0.3) is 0 Å². The van der Waals surface area contributed by atoms with E-state index in [1.54, 1.807) is 0 Å². The van der Waals surface area contributed by atoms with Crippen molar-refractivity contribution in [2.45, 2.75) is 40.1 Å². The Bertz CT molecular complexity index is 227. The molecule has 0 bridgehead atoms. The van der Waals surface area contributed by atoms with E-state index in [1.807, 2.05) is 19.5 Å². The molecule has 0 radical (unpaired) electrons. The second kappa shape index (κ2) is 7.82. The van der Waals surface area contributed by atoms with E-state index in [0.717, 1.165) is 0 Å². The standard InChI is InChI=1S/C6H8O4.4CH3.2Sb/c7-5(8)3-1-2-4-6(9)10;;;;;;/h3-4H,1-2H2,(H,7,8)(H,9,10);4*1H3;;. The van der Waals surface area contributed by atoms with Crippen LogP contribution in [-0.4, -0.2) is 62.6 Å². The average molecular weight is 448 g/mol. The Kier molecular flexibility index (Phi) is 8.10. The number of rotatable bonds is 7. The normalized spacial score (nSPS) is 15.1. The average Bonchev–Trinajstić information content (AvgIpc) is 2.09. The van der Waals surface area contributed by atoms with Crippen LogP contribution in [0.25, 0.3) is 0 Å². The second-order valence-corrected chi connectivity index (χ2v) is 18.8. The fourth-order valence-electron chi connectivity index (χ4n) is 1.52. The van der Waals surface area contributed by atoms with Gasteiger partial charge in [0.2, 0.25) is 0 Å². The molecule has 0 spiro atoms. The first-order valence-corrected chi connectivity index (χ1v) is 18.2. The van der Waals surface area contributed by atoms with Crippen LogP contribution in [0.3, 0.4) is 0 Å². The molecule has 0 aliphatic heterocycles. The molecule has 0 aromatic heterocycles. The van der Waals surface area contributed by atoms with Gasteiger partial charge in [-0.1, -0.05) is 0 Å². The molecule has 0 aromatic rings. The molecule has 0 rings (SSSR count). The molecule has 0 aliphatic rings. The number of aliphatic carboxylic acids is 2. The summed E-state index contributed by atoms with van der Waals surface area (Å²) in [6, 6.07) is 0. The van der Waals surface area contributed by atoms with Crippen molar-refractivity contribution in [3.8, 4) is 0 Å². The van der Waals surface area contributed by atoms with Gasteiger partial charge in [0.05, 0.1) is 0 Å². The molecule has 2 unspecified atom stereocenters. The van der Waals surface area contributed by atoms with E-state index < -0.39 is 52.4 Å². The van der Waals surface area contributed by atoms with Gasteiger partial charge in [0.1, 0.15) is 0 Å². The quantitative estimate of drug-likeness (QED) is 0.587. The zero-order valence-corrected chi connectivity index (χ0v) is 15.3. The summed E-state index contributed by atoms with van der Waals surface area (Å²) in [4.78, 5) is 30.2. The molecule has 0 aliphatic carbocycles. The first-order valence-electron chi connectivity index (χ1n) is 5.05. The summed E-state index contributed by atoms with van der Waals surface area (Å²) in [5.74, 6) is -1.46. The Morgan fingerprint density at radius 2 is 1.12 bits per heavy atom. The van der Waals surface area contributed by atoms with Gasteiger partial charge in [0, 0.05) is 0 Å². The maximum atomic E-state index is 11.0. The van der Waals surface area contributed by atoms with E-state index in [2.05, 4.69) is 0 Å². The third-order valence-corrected chi connectivity index (χ3v) is 12.4. The summed E-state index contributed by atoms with van der Waals surface area (Å²) in [6.45, 7) is 0. The molecule has 94 valence electrons. The van der Waals surface area contributed by atoms with Crippen LogP contribution in [-0.2, 0) is 9.59 Å². The Hall–Kier alpha value is 0.576. The summed E-state index contributed by atoms with van der Waals surface area (Å²) < 4.78 is -0.462. The summed E-state index contributed by atoms with van der Waals surface area (Å²) in [7, 11) is 0. The summed E-state index contributed by atoms with van der Waals surface area (Å²) in [5, 5.41) is 18.1. The predicted octanol–water partition coefficient (Wildman–Crippen LogP) is 2.18. The van der Waals surface area contributed by atoms with Crippen molar-refractivity contribution in [2.24, 2.45) is 0 Å². The zero-order valence-electron chi connectivity index (χ0n) is 10.2. The molecular weight excluding hydrogens is 428 g/mol. The van der Waals surface area contributed by atoms with Gasteiger partial charge in [-0.2, -0.15) is 0 Å². The zero-order chi connectivity index (χ0) is 12.9. The van der Waals surface area contributed by atoms with Crippen molar-refractivity contribution >= 4 is 52.4 Å². The van der Waals surface area contributed by atoms with E-state index in [9.17, 15) is 9.59 Å². The summed E-state index contributed by atoms with van der Waals surface area (Å²) in [5.41, 5.74) is 0. The van der Waals surface area contributed by atoms with E-state index >= 15 is 0 Å². The van der Waals surface area contributed by atoms with E-state index in [0.29, 0.717) is 12.8 Å². The first kappa shape index (κ1) is 16.6. The second-order valence-electron chi connectivity index (χ2n) is 4.21. The van der Waals surface area contributed by atoms with E-state index in [-0.39, 0.29) is 7.73 Å². The van der Waals surface area contributed by atoms with Crippen molar-refractivity contribution in [3.63, 3.8) is 0 Å². The van der Waals surface area contributed by atoms with Gasteiger partial charge in [-0.15, -0.1) is 0 Å². The van der Waals surface area contributed by atoms with Gasteiger partial charge in [-0.05, 0) is 0 Å². The molecule has 0 aromatic carbocycles. The molecule has 16 heavy (non-hydrogen) atoms. The van der Waals surface area contributed by atoms with Crippen LogP contribution in [0.4, 0.5) is 0 Å². The minimum atomic E-state index is -1.65. The van der Waals surface area contributed by atoms with Gasteiger partial charge >= 0.3 is 112 Å². The fraction of sp³-hybridized carbons (Fsp3) is 0.800. The summed E-state index contributed by atoms with van der Waals surface area (Å²) in [6.07, 6.45) is 1.12. The number of carboxylic acid groups (broad SMARTS) is 2. The van der Waals surface area contributed by atoms with Crippen molar-refractivity contribution in [1.82, 2.24) is 0 Å². The van der Waals surface area contributed by atoms with Crippen LogP contribution in [0.1, 0.15) is 12.8 Å². The van der Waals surface area contributed by atoms with E-state index in [1.165, 1.54) is 0 Å². The number of carboxylic acids is 2. The number of carbonyl (C=O) groups is 2. The Morgan fingerprint density at radius 3 is 1.25 bits per heavy atom. The van der Waals surface area contributed by atoms with Crippen LogP contribution in [0.2, 0.25) is 27.2 Å². The minimum absolute atomic E-state index is 0.231. The topological polar surface area (TPSA) is 74.6 Å². The molecule has 0 saturated heterocycles. The van der Waals surface area contributed by atoms with Crippen LogP contribution in [0.5, 0.6) is 0 Å². The SMILES string of the molecule is [CH3][Sb]([CH3])[CH](CC[CH](C(=O)O)[Sb]([CH3])[CH3])C(=O)O. The maximum absolute atomic E-state index is 11.0. The Morgan fingerprint density at radius 1 is 0.875 bits per heavy atom. The summed E-state index contributed by atoms with van der Waals surface area (Å²) >= 11 is -3.31. The van der Waals surface area contributed by atoms with Gasteiger partial charge in [-0.3, -0.25) is 0 Å². The van der Waals surface area contributed by atoms with Crippen LogP contribution in [0, 0.1) is 0 Å². The van der Waals surface area contributed by atoms with Crippen LogP contribution >= 0.6 is 0 Å². The van der Waals surface area contributed by atoms with Crippen LogP contribution < -0.4 is 0 Å².